The van der Waals surface area contributed by atoms with Gasteiger partial charge in [-0.1, -0.05) is 59.6 Å². The molecule has 0 aliphatic carbocycles. The number of thioether (sulfide) groups is 1. The number of carbonyl (C=O) groups excluding carboxylic acids is 3. The fourth-order valence-electron chi connectivity index (χ4n) is 7.09. The summed E-state index contributed by atoms with van der Waals surface area (Å²) in [7, 11) is 0. The van der Waals surface area contributed by atoms with Crippen LogP contribution in [-0.2, 0) is 14.4 Å². The first-order chi connectivity index (χ1) is 18.2. The molecule has 8 atom stereocenters. The molecule has 3 aliphatic heterocycles. The first-order valence-corrected chi connectivity index (χ1v) is 15.5. The minimum atomic E-state index is -0.704. The van der Waals surface area contributed by atoms with Gasteiger partial charge in [0.2, 0.25) is 17.7 Å². The molecule has 3 unspecified atom stereocenters. The van der Waals surface area contributed by atoms with Gasteiger partial charge in [0.25, 0.3) is 0 Å². The van der Waals surface area contributed by atoms with E-state index in [9.17, 15) is 19.5 Å². The van der Waals surface area contributed by atoms with E-state index < -0.39 is 28.7 Å². The Bertz CT molecular complexity index is 897. The number of amides is 3. The highest BCUT2D eigenvalue weighted by molar-refractivity contribution is 8.02. The van der Waals surface area contributed by atoms with Crippen LogP contribution in [0.25, 0.3) is 0 Å². The summed E-state index contributed by atoms with van der Waals surface area (Å²) in [6.45, 7) is 20.0. The molecule has 0 aromatic rings. The number of aliphatic hydroxyl groups is 1. The summed E-state index contributed by atoms with van der Waals surface area (Å²) in [6, 6.07) is -1.18. The van der Waals surface area contributed by atoms with Crippen molar-refractivity contribution in [2.45, 2.75) is 88.8 Å². The van der Waals surface area contributed by atoms with Crippen molar-refractivity contribution in [1.82, 2.24) is 14.7 Å². The van der Waals surface area contributed by atoms with Crippen LogP contribution in [0.3, 0.4) is 0 Å². The second kappa shape index (κ2) is 13.0. The Morgan fingerprint density at radius 3 is 2.29 bits per heavy atom. The van der Waals surface area contributed by atoms with Gasteiger partial charge in [-0.05, 0) is 31.1 Å². The molecule has 3 amide bonds. The van der Waals surface area contributed by atoms with Crippen LogP contribution in [0.1, 0.15) is 66.7 Å². The van der Waals surface area contributed by atoms with Crippen molar-refractivity contribution in [3.8, 4) is 0 Å². The molecule has 8 heteroatoms. The van der Waals surface area contributed by atoms with Gasteiger partial charge in [-0.3, -0.25) is 14.4 Å². The van der Waals surface area contributed by atoms with Crippen molar-refractivity contribution in [1.29, 1.82) is 0 Å². The zero-order valence-electron chi connectivity index (χ0n) is 24.1. The number of unbranched alkanes of at least 4 members (excludes halogenated alkanes) is 1. The molecular formula is C30H49N3O4S. The molecule has 3 fully saturated rings. The first-order valence-electron chi connectivity index (χ1n) is 14.6. The Hall–Kier alpha value is -1.80. The van der Waals surface area contributed by atoms with E-state index in [4.69, 9.17) is 0 Å². The number of aliphatic hydroxyl groups excluding tert-OH is 1. The number of rotatable bonds is 15. The van der Waals surface area contributed by atoms with Crippen LogP contribution >= 0.6 is 11.8 Å². The van der Waals surface area contributed by atoms with Crippen molar-refractivity contribution in [3.63, 3.8) is 0 Å². The van der Waals surface area contributed by atoms with Gasteiger partial charge in [-0.25, -0.2) is 0 Å². The maximum atomic E-state index is 14.5. The van der Waals surface area contributed by atoms with Gasteiger partial charge in [-0.15, -0.1) is 24.9 Å². The molecule has 3 saturated heterocycles. The Labute approximate surface area is 234 Å². The van der Waals surface area contributed by atoms with Crippen molar-refractivity contribution in [2.24, 2.45) is 23.7 Å². The fourth-order valence-corrected chi connectivity index (χ4v) is 9.49. The monoisotopic (exact) mass is 547 g/mol. The third-order valence-corrected chi connectivity index (χ3v) is 11.2. The van der Waals surface area contributed by atoms with E-state index in [0.29, 0.717) is 26.2 Å². The summed E-state index contributed by atoms with van der Waals surface area (Å²) in [6.07, 6.45) is 7.71. The van der Waals surface area contributed by atoms with Crippen molar-refractivity contribution in [2.75, 3.05) is 32.8 Å². The van der Waals surface area contributed by atoms with E-state index in [2.05, 4.69) is 27.0 Å². The summed E-state index contributed by atoms with van der Waals surface area (Å²) < 4.78 is -0.683. The molecule has 1 N–H and O–H groups in total. The lowest BCUT2D eigenvalue weighted by Crippen LogP contribution is -2.60. The van der Waals surface area contributed by atoms with Crippen LogP contribution in [0.4, 0.5) is 0 Å². The molecule has 7 nitrogen and oxygen atoms in total. The SMILES string of the molecule is C=CCN(CCCC)C(=O)C1N([C@@H](CO)[C@@H](C)CC)C(=O)[C@@H]2[C@H](C(=O)N(CC=C)CCC)[C@@H]3CC(C)C12S3. The van der Waals surface area contributed by atoms with E-state index in [1.165, 1.54) is 0 Å². The fraction of sp³-hybridized carbons (Fsp3) is 0.767. The van der Waals surface area contributed by atoms with Crippen LogP contribution in [0.15, 0.2) is 25.3 Å². The standard InChI is InChI=1S/C30H49N3O4S/c1-8-13-17-32(16-11-4)29(37)26-30-21(7)18-23(38-30)24(27(35)31(14-9-2)15-10-3)25(30)28(36)33(26)22(19-34)20(6)12-5/h9,11,20-26,34H,2,4,8,10,12-19H2,1,3,5-7H3/t20-,21?,22-,23-,24+,25-,26?,30?/m0/s1. The lowest BCUT2D eigenvalue weighted by atomic mass is 9.65. The topological polar surface area (TPSA) is 81.2 Å². The summed E-state index contributed by atoms with van der Waals surface area (Å²) in [4.78, 5) is 48.4. The molecule has 2 bridgehead atoms. The minimum absolute atomic E-state index is 0.00226. The molecule has 0 saturated carbocycles. The van der Waals surface area contributed by atoms with Gasteiger partial charge < -0.3 is 19.8 Å². The van der Waals surface area contributed by atoms with Crippen LogP contribution in [0.2, 0.25) is 0 Å². The lowest BCUT2D eigenvalue weighted by Gasteiger charge is -2.43. The van der Waals surface area contributed by atoms with E-state index in [1.807, 2.05) is 30.6 Å². The quantitative estimate of drug-likeness (QED) is 0.314. The average Bonchev–Trinajstić information content (AvgIpc) is 3.50. The maximum Gasteiger partial charge on any atom is 0.247 e. The number of carbonyl (C=O) groups is 3. The van der Waals surface area contributed by atoms with Gasteiger partial charge in [0.1, 0.15) is 6.04 Å². The molecule has 0 aromatic carbocycles. The highest BCUT2D eigenvalue weighted by Gasteiger charge is 2.77. The molecule has 214 valence electrons. The number of hydrogen-bond acceptors (Lipinski definition) is 5. The second-order valence-corrected chi connectivity index (χ2v) is 13.0. The van der Waals surface area contributed by atoms with E-state index in [1.54, 1.807) is 28.8 Å². The normalized spacial score (nSPS) is 31.2. The van der Waals surface area contributed by atoms with Gasteiger partial charge >= 0.3 is 0 Å². The summed E-state index contributed by atoms with van der Waals surface area (Å²) in [5, 5.41) is 10.6. The van der Waals surface area contributed by atoms with Crippen LogP contribution in [0, 0.1) is 23.7 Å². The van der Waals surface area contributed by atoms with Crippen LogP contribution in [-0.4, -0.2) is 92.4 Å². The van der Waals surface area contributed by atoms with Crippen molar-refractivity contribution < 1.29 is 19.5 Å². The highest BCUT2D eigenvalue weighted by Crippen LogP contribution is 2.69. The predicted molar refractivity (Wildman–Crippen MR) is 155 cm³/mol. The molecule has 3 heterocycles. The van der Waals surface area contributed by atoms with Gasteiger partial charge in [-0.2, -0.15) is 0 Å². The molecule has 1 spiro atoms. The van der Waals surface area contributed by atoms with Crippen LogP contribution < -0.4 is 0 Å². The Morgan fingerprint density at radius 2 is 1.76 bits per heavy atom. The number of nitrogens with zero attached hydrogens (tertiary/aromatic N) is 3. The number of fused-ring (bicyclic) bond motifs is 1. The third-order valence-electron chi connectivity index (χ3n) is 9.15. The minimum Gasteiger partial charge on any atom is -0.394 e. The summed E-state index contributed by atoms with van der Waals surface area (Å²) in [5.41, 5.74) is 0. The van der Waals surface area contributed by atoms with Gasteiger partial charge in [0.05, 0.1) is 29.2 Å². The van der Waals surface area contributed by atoms with E-state index >= 15 is 0 Å². The zero-order chi connectivity index (χ0) is 28.2. The molecule has 0 radical (unpaired) electrons. The Balaban J connectivity index is 2.15. The number of hydrogen-bond donors (Lipinski definition) is 1. The Kier molecular flexibility index (Phi) is 10.5. The summed E-state index contributed by atoms with van der Waals surface area (Å²) >= 11 is 1.71. The van der Waals surface area contributed by atoms with Crippen molar-refractivity contribution in [3.05, 3.63) is 25.3 Å². The Morgan fingerprint density at radius 1 is 1.13 bits per heavy atom. The number of likely N-dealkylation sites (tertiary alicyclic amines) is 1. The largest absolute Gasteiger partial charge is 0.394 e. The zero-order valence-corrected chi connectivity index (χ0v) is 24.9. The van der Waals surface area contributed by atoms with Crippen molar-refractivity contribution >= 4 is 29.5 Å². The first kappa shape index (κ1) is 30.7. The predicted octanol–water partition coefficient (Wildman–Crippen LogP) is 3.97. The lowest BCUT2D eigenvalue weighted by molar-refractivity contribution is -0.148. The molecule has 3 rings (SSSR count). The molecule has 3 aliphatic rings. The second-order valence-electron chi connectivity index (χ2n) is 11.4. The molecule has 38 heavy (non-hydrogen) atoms. The maximum absolute atomic E-state index is 14.5. The van der Waals surface area contributed by atoms with Gasteiger partial charge in [0.15, 0.2) is 0 Å². The third kappa shape index (κ3) is 5.07. The highest BCUT2D eigenvalue weighted by atomic mass is 32.2. The van der Waals surface area contributed by atoms with E-state index in [-0.39, 0.29) is 41.4 Å². The van der Waals surface area contributed by atoms with Crippen LogP contribution in [0.5, 0.6) is 0 Å². The smallest absolute Gasteiger partial charge is 0.247 e. The molecule has 0 aromatic heterocycles. The van der Waals surface area contributed by atoms with E-state index in [0.717, 1.165) is 32.1 Å². The summed E-state index contributed by atoms with van der Waals surface area (Å²) in [5.74, 6) is -1.12. The van der Waals surface area contributed by atoms with Gasteiger partial charge in [0, 0.05) is 31.4 Å². The average molecular weight is 548 g/mol. The molecular weight excluding hydrogens is 498 g/mol.